The molecule has 1 aromatic carbocycles. The third-order valence-electron chi connectivity index (χ3n) is 3.83. The first-order chi connectivity index (χ1) is 9.08. The number of likely N-dealkylation sites (tertiary alicyclic amines) is 1. The molecule has 2 aliphatic rings. The Morgan fingerprint density at radius 1 is 1.26 bits per heavy atom. The SMILES string of the molecule is O=C(O)[C@H]1CC(=O)N(C2CC2)[C@@H]1c1ccc(Cl)cc1. The summed E-state index contributed by atoms with van der Waals surface area (Å²) in [5.74, 6) is -1.61. The molecular weight excluding hydrogens is 266 g/mol. The zero-order valence-corrected chi connectivity index (χ0v) is 11.0. The summed E-state index contributed by atoms with van der Waals surface area (Å²) in [6.45, 7) is 0. The number of halogens is 1. The summed E-state index contributed by atoms with van der Waals surface area (Å²) >= 11 is 5.86. The first kappa shape index (κ1) is 12.5. The van der Waals surface area contributed by atoms with Gasteiger partial charge in [-0.05, 0) is 30.5 Å². The molecule has 19 heavy (non-hydrogen) atoms. The van der Waals surface area contributed by atoms with Crippen LogP contribution in [0.4, 0.5) is 0 Å². The minimum atomic E-state index is -0.906. The van der Waals surface area contributed by atoms with Crippen LogP contribution in [-0.4, -0.2) is 27.9 Å². The van der Waals surface area contributed by atoms with Crippen molar-refractivity contribution in [3.8, 4) is 0 Å². The van der Waals surface area contributed by atoms with Gasteiger partial charge in [0.05, 0.1) is 12.0 Å². The number of carbonyl (C=O) groups excluding carboxylic acids is 1. The summed E-state index contributed by atoms with van der Waals surface area (Å²) in [6.07, 6.45) is 2.05. The maximum absolute atomic E-state index is 12.1. The molecular formula is C14H14ClNO3. The van der Waals surface area contributed by atoms with Crippen molar-refractivity contribution < 1.29 is 14.7 Å². The fourth-order valence-electron chi connectivity index (χ4n) is 2.81. The summed E-state index contributed by atoms with van der Waals surface area (Å²) in [6, 6.07) is 6.98. The van der Waals surface area contributed by atoms with Crippen LogP contribution < -0.4 is 0 Å². The van der Waals surface area contributed by atoms with Gasteiger partial charge in [-0.3, -0.25) is 9.59 Å². The molecule has 1 heterocycles. The van der Waals surface area contributed by atoms with Crippen LogP contribution in [0.25, 0.3) is 0 Å². The molecule has 1 saturated heterocycles. The summed E-state index contributed by atoms with van der Waals surface area (Å²) in [5, 5.41) is 9.94. The summed E-state index contributed by atoms with van der Waals surface area (Å²) in [4.78, 5) is 25.2. The molecule has 0 spiro atoms. The maximum Gasteiger partial charge on any atom is 0.309 e. The molecule has 1 N–H and O–H groups in total. The Morgan fingerprint density at radius 3 is 2.42 bits per heavy atom. The standard InChI is InChI=1S/C14H14ClNO3/c15-9-3-1-8(2-4-9)13-11(14(18)19)7-12(17)16(13)10-5-6-10/h1-4,10-11,13H,5-7H2,(H,18,19)/t11-,13+/m0/s1. The van der Waals surface area contributed by atoms with E-state index in [9.17, 15) is 14.7 Å². The van der Waals surface area contributed by atoms with Crippen LogP contribution >= 0.6 is 11.6 Å². The average Bonchev–Trinajstić information content (AvgIpc) is 3.14. The van der Waals surface area contributed by atoms with Gasteiger partial charge in [0.15, 0.2) is 0 Å². The summed E-state index contributed by atoms with van der Waals surface area (Å²) in [7, 11) is 0. The summed E-state index contributed by atoms with van der Waals surface area (Å²) in [5.41, 5.74) is 0.856. The Hall–Kier alpha value is -1.55. The van der Waals surface area contributed by atoms with Gasteiger partial charge in [0.2, 0.25) is 5.91 Å². The first-order valence-electron chi connectivity index (χ1n) is 6.37. The van der Waals surface area contributed by atoms with Gasteiger partial charge >= 0.3 is 5.97 Å². The van der Waals surface area contributed by atoms with E-state index < -0.39 is 11.9 Å². The minimum Gasteiger partial charge on any atom is -0.481 e. The molecule has 1 aliphatic carbocycles. The molecule has 1 aliphatic heterocycles. The molecule has 1 amide bonds. The van der Waals surface area contributed by atoms with Crippen molar-refractivity contribution in [1.29, 1.82) is 0 Å². The van der Waals surface area contributed by atoms with E-state index >= 15 is 0 Å². The highest BCUT2D eigenvalue weighted by atomic mass is 35.5. The van der Waals surface area contributed by atoms with E-state index in [1.807, 2.05) is 12.1 Å². The molecule has 100 valence electrons. The van der Waals surface area contributed by atoms with E-state index in [0.717, 1.165) is 18.4 Å². The molecule has 3 rings (SSSR count). The Bertz CT molecular complexity index is 524. The second kappa shape index (κ2) is 4.53. The van der Waals surface area contributed by atoms with E-state index in [2.05, 4.69) is 0 Å². The number of amides is 1. The quantitative estimate of drug-likeness (QED) is 0.925. The largest absolute Gasteiger partial charge is 0.481 e. The number of aliphatic carboxylic acids is 1. The number of nitrogens with zero attached hydrogens (tertiary/aromatic N) is 1. The monoisotopic (exact) mass is 279 g/mol. The molecule has 0 radical (unpaired) electrons. The van der Waals surface area contributed by atoms with Gasteiger partial charge < -0.3 is 10.0 Å². The molecule has 1 saturated carbocycles. The fourth-order valence-corrected chi connectivity index (χ4v) is 2.94. The van der Waals surface area contributed by atoms with Crippen LogP contribution in [0.3, 0.4) is 0 Å². The predicted octanol–water partition coefficient (Wildman–Crippen LogP) is 2.48. The average molecular weight is 280 g/mol. The molecule has 0 aromatic heterocycles. The van der Waals surface area contributed by atoms with Crippen LogP contribution in [-0.2, 0) is 9.59 Å². The molecule has 2 fully saturated rings. The van der Waals surface area contributed by atoms with E-state index in [0.29, 0.717) is 5.02 Å². The lowest BCUT2D eigenvalue weighted by molar-refractivity contribution is -0.142. The van der Waals surface area contributed by atoms with E-state index in [4.69, 9.17) is 11.6 Å². The lowest BCUT2D eigenvalue weighted by Gasteiger charge is -2.27. The van der Waals surface area contributed by atoms with Crippen LogP contribution in [0.2, 0.25) is 5.02 Å². The normalized spacial score (nSPS) is 26.8. The van der Waals surface area contributed by atoms with Gasteiger partial charge in [-0.2, -0.15) is 0 Å². The number of benzene rings is 1. The number of hydrogen-bond donors (Lipinski definition) is 1. The van der Waals surface area contributed by atoms with Crippen molar-refractivity contribution in [3.63, 3.8) is 0 Å². The molecule has 0 unspecified atom stereocenters. The lowest BCUT2D eigenvalue weighted by Crippen LogP contribution is -2.32. The van der Waals surface area contributed by atoms with Crippen LogP contribution in [0, 0.1) is 5.92 Å². The highest BCUT2D eigenvalue weighted by molar-refractivity contribution is 6.30. The third-order valence-corrected chi connectivity index (χ3v) is 4.08. The van der Waals surface area contributed by atoms with Gasteiger partial charge in [0, 0.05) is 17.5 Å². The summed E-state index contributed by atoms with van der Waals surface area (Å²) < 4.78 is 0. The van der Waals surface area contributed by atoms with Gasteiger partial charge in [-0.25, -0.2) is 0 Å². The lowest BCUT2D eigenvalue weighted by atomic mass is 9.94. The fraction of sp³-hybridized carbons (Fsp3) is 0.429. The van der Waals surface area contributed by atoms with Crippen LogP contribution in [0.1, 0.15) is 30.9 Å². The highest BCUT2D eigenvalue weighted by Gasteiger charge is 2.49. The zero-order valence-electron chi connectivity index (χ0n) is 10.3. The Balaban J connectivity index is 1.98. The molecule has 2 atom stereocenters. The van der Waals surface area contributed by atoms with Crippen molar-refractivity contribution in [2.45, 2.75) is 31.3 Å². The number of rotatable bonds is 3. The predicted molar refractivity (Wildman–Crippen MR) is 69.8 cm³/mol. The Kier molecular flexibility index (Phi) is 2.97. The number of carboxylic acids is 1. The van der Waals surface area contributed by atoms with Crippen LogP contribution in [0.15, 0.2) is 24.3 Å². The van der Waals surface area contributed by atoms with Crippen molar-refractivity contribution >= 4 is 23.5 Å². The van der Waals surface area contributed by atoms with Crippen molar-refractivity contribution in [1.82, 2.24) is 4.90 Å². The molecule has 1 aromatic rings. The zero-order chi connectivity index (χ0) is 13.6. The highest BCUT2D eigenvalue weighted by Crippen LogP contribution is 2.45. The second-order valence-electron chi connectivity index (χ2n) is 5.18. The van der Waals surface area contributed by atoms with E-state index in [1.54, 1.807) is 17.0 Å². The molecule has 5 heteroatoms. The van der Waals surface area contributed by atoms with Crippen molar-refractivity contribution in [2.75, 3.05) is 0 Å². The van der Waals surface area contributed by atoms with E-state index in [1.165, 1.54) is 0 Å². The first-order valence-corrected chi connectivity index (χ1v) is 6.75. The van der Waals surface area contributed by atoms with Gasteiger partial charge in [0.1, 0.15) is 0 Å². The number of carboxylic acid groups (broad SMARTS) is 1. The van der Waals surface area contributed by atoms with Crippen LogP contribution in [0.5, 0.6) is 0 Å². The molecule has 0 bridgehead atoms. The van der Waals surface area contributed by atoms with E-state index in [-0.39, 0.29) is 24.4 Å². The number of carbonyl (C=O) groups is 2. The third kappa shape index (κ3) is 2.21. The smallest absolute Gasteiger partial charge is 0.309 e. The van der Waals surface area contributed by atoms with Crippen molar-refractivity contribution in [2.24, 2.45) is 5.92 Å². The van der Waals surface area contributed by atoms with Crippen molar-refractivity contribution in [3.05, 3.63) is 34.9 Å². The maximum atomic E-state index is 12.1. The minimum absolute atomic E-state index is 0.0464. The topological polar surface area (TPSA) is 57.6 Å². The van der Waals surface area contributed by atoms with Gasteiger partial charge in [-0.1, -0.05) is 23.7 Å². The van der Waals surface area contributed by atoms with Gasteiger partial charge in [0.25, 0.3) is 0 Å². The Morgan fingerprint density at radius 2 is 1.89 bits per heavy atom. The second-order valence-corrected chi connectivity index (χ2v) is 5.61. The van der Waals surface area contributed by atoms with Gasteiger partial charge in [-0.15, -0.1) is 0 Å². The Labute approximate surface area is 116 Å². The number of hydrogen-bond acceptors (Lipinski definition) is 2. The molecule has 4 nitrogen and oxygen atoms in total.